The maximum Gasteiger partial charge on any atom is 0.193 e. The van der Waals surface area contributed by atoms with Crippen LogP contribution < -0.4 is 10.5 Å². The minimum atomic E-state index is -0.955. The van der Waals surface area contributed by atoms with Crippen LogP contribution in [0.3, 0.4) is 0 Å². The topological polar surface area (TPSA) is 90.0 Å². The van der Waals surface area contributed by atoms with Gasteiger partial charge in [0.15, 0.2) is 17.3 Å². The second-order valence-electron chi connectivity index (χ2n) is 10.4. The monoisotopic (exact) mass is 480 g/mol. The van der Waals surface area contributed by atoms with Crippen molar-refractivity contribution in [2.75, 3.05) is 20.3 Å². The molecule has 2 spiro atoms. The number of hydrogen-bond donors (Lipinski definition) is 1. The number of Topliss-reactive ketones (excluding diaryl/α,β-unsaturated/α-hetero) is 1. The molecule has 0 radical (unpaired) electrons. The average molecular weight is 481 g/mol. The summed E-state index contributed by atoms with van der Waals surface area (Å²) in [4.78, 5) is 25.5. The van der Waals surface area contributed by atoms with Gasteiger partial charge in [-0.15, -0.1) is 11.3 Å². The Morgan fingerprint density at radius 1 is 1.24 bits per heavy atom. The predicted octanol–water partition coefficient (Wildman–Crippen LogP) is 3.66. The predicted molar refractivity (Wildman–Crippen MR) is 131 cm³/mol. The molecule has 2 fully saturated rings. The number of fused-ring (bicyclic) bond motifs is 3. The largest absolute Gasteiger partial charge is 0.493 e. The minimum absolute atomic E-state index is 0.132. The van der Waals surface area contributed by atoms with E-state index in [1.807, 2.05) is 10.3 Å². The van der Waals surface area contributed by atoms with E-state index >= 15 is 0 Å². The first-order valence-electron chi connectivity index (χ1n) is 12.3. The maximum atomic E-state index is 14.2. The lowest BCUT2D eigenvalue weighted by atomic mass is 9.59. The van der Waals surface area contributed by atoms with Crippen LogP contribution >= 0.6 is 11.3 Å². The molecule has 34 heavy (non-hydrogen) atoms. The molecule has 3 aliphatic carbocycles. The molecule has 180 valence electrons. The normalized spacial score (nSPS) is 30.6. The Balaban J connectivity index is 1.40. The molecular weight excluding hydrogens is 448 g/mol. The van der Waals surface area contributed by atoms with E-state index in [0.717, 1.165) is 55.0 Å². The van der Waals surface area contributed by atoms with E-state index in [1.54, 1.807) is 24.6 Å². The number of methoxy groups -OCH3 is 1. The number of ether oxygens (including phenoxy) is 2. The molecule has 0 saturated heterocycles. The SMILES string of the molecule is COC1CCC2(CC1)Cc1ccc(OCC3CC3)cc1C21N=C(N)N(Cc2nccs2)CC1=O. The Hall–Kier alpha value is -2.45. The molecule has 2 N–H and O–H groups in total. The summed E-state index contributed by atoms with van der Waals surface area (Å²) in [5.41, 5.74) is 7.58. The molecule has 0 amide bonds. The summed E-state index contributed by atoms with van der Waals surface area (Å²) in [6, 6.07) is 6.29. The van der Waals surface area contributed by atoms with Crippen LogP contribution in [0.4, 0.5) is 0 Å². The van der Waals surface area contributed by atoms with Crippen molar-refractivity contribution in [3.05, 3.63) is 45.9 Å². The van der Waals surface area contributed by atoms with Crippen molar-refractivity contribution >= 4 is 23.1 Å². The Bertz CT molecular complexity index is 1110. The van der Waals surface area contributed by atoms with Gasteiger partial charge in [0.05, 0.1) is 25.8 Å². The molecule has 4 aliphatic rings. The highest BCUT2D eigenvalue weighted by Crippen LogP contribution is 2.61. The molecule has 6 rings (SSSR count). The van der Waals surface area contributed by atoms with Gasteiger partial charge in [0.2, 0.25) is 0 Å². The molecule has 1 aromatic carbocycles. The van der Waals surface area contributed by atoms with Gasteiger partial charge >= 0.3 is 0 Å². The molecule has 8 heteroatoms. The maximum absolute atomic E-state index is 14.2. The van der Waals surface area contributed by atoms with Crippen molar-refractivity contribution in [2.45, 2.75) is 63.1 Å². The number of nitrogens with zero attached hydrogens (tertiary/aromatic N) is 3. The lowest BCUT2D eigenvalue weighted by Crippen LogP contribution is -2.59. The van der Waals surface area contributed by atoms with Crippen LogP contribution in [0, 0.1) is 11.3 Å². The van der Waals surface area contributed by atoms with Gasteiger partial charge < -0.3 is 20.1 Å². The fourth-order valence-corrected chi connectivity index (χ4v) is 6.89. The molecule has 2 saturated carbocycles. The summed E-state index contributed by atoms with van der Waals surface area (Å²) in [5, 5.41) is 2.87. The molecule has 7 nitrogen and oxygen atoms in total. The molecule has 0 bridgehead atoms. The third-order valence-electron chi connectivity index (χ3n) is 8.33. The molecule has 2 aromatic rings. The third-order valence-corrected chi connectivity index (χ3v) is 9.09. The van der Waals surface area contributed by atoms with E-state index in [0.29, 0.717) is 18.4 Å². The van der Waals surface area contributed by atoms with Crippen LogP contribution in [0.1, 0.15) is 54.7 Å². The molecule has 1 atom stereocenters. The molecule has 1 aliphatic heterocycles. The van der Waals surface area contributed by atoms with Crippen LogP contribution in [-0.4, -0.2) is 48.0 Å². The Morgan fingerprint density at radius 3 is 2.76 bits per heavy atom. The van der Waals surface area contributed by atoms with Gasteiger partial charge in [-0.3, -0.25) is 4.79 Å². The van der Waals surface area contributed by atoms with Gasteiger partial charge in [0, 0.05) is 24.1 Å². The average Bonchev–Trinajstić information content (AvgIpc) is 3.47. The van der Waals surface area contributed by atoms with Crippen molar-refractivity contribution < 1.29 is 14.3 Å². The van der Waals surface area contributed by atoms with Gasteiger partial charge in [-0.05, 0) is 74.1 Å². The summed E-state index contributed by atoms with van der Waals surface area (Å²) >= 11 is 1.57. The zero-order chi connectivity index (χ0) is 23.3. The summed E-state index contributed by atoms with van der Waals surface area (Å²) in [6.45, 7) is 1.50. The first kappa shape index (κ1) is 22.0. The number of ketones is 1. The molecular formula is C26H32N4O3S. The summed E-state index contributed by atoms with van der Waals surface area (Å²) in [6.07, 6.45) is 9.01. The van der Waals surface area contributed by atoms with Crippen molar-refractivity contribution in [1.29, 1.82) is 0 Å². The zero-order valence-electron chi connectivity index (χ0n) is 19.7. The third kappa shape index (κ3) is 3.53. The highest BCUT2D eigenvalue weighted by Gasteiger charge is 2.64. The van der Waals surface area contributed by atoms with E-state index in [4.69, 9.17) is 20.2 Å². The summed E-state index contributed by atoms with van der Waals surface area (Å²) < 4.78 is 11.8. The van der Waals surface area contributed by atoms with Crippen molar-refractivity contribution in [2.24, 2.45) is 22.1 Å². The van der Waals surface area contributed by atoms with Gasteiger partial charge in [-0.2, -0.15) is 0 Å². The van der Waals surface area contributed by atoms with Crippen LogP contribution in [0.15, 0.2) is 34.8 Å². The van der Waals surface area contributed by atoms with Gasteiger partial charge in [0.1, 0.15) is 10.8 Å². The van der Waals surface area contributed by atoms with Gasteiger partial charge in [-0.1, -0.05) is 6.07 Å². The van der Waals surface area contributed by atoms with Gasteiger partial charge in [-0.25, -0.2) is 9.98 Å². The Morgan fingerprint density at radius 2 is 2.06 bits per heavy atom. The number of hydrogen-bond acceptors (Lipinski definition) is 8. The Labute approximate surface area is 204 Å². The first-order valence-corrected chi connectivity index (χ1v) is 13.2. The number of guanidine groups is 1. The fourth-order valence-electron chi connectivity index (χ4n) is 6.26. The number of aromatic nitrogens is 1. The minimum Gasteiger partial charge on any atom is -0.493 e. The summed E-state index contributed by atoms with van der Waals surface area (Å²) in [7, 11) is 1.78. The summed E-state index contributed by atoms with van der Waals surface area (Å²) in [5.74, 6) is 2.06. The van der Waals surface area contributed by atoms with Crippen LogP contribution in [-0.2, 0) is 28.0 Å². The zero-order valence-corrected chi connectivity index (χ0v) is 20.5. The highest BCUT2D eigenvalue weighted by molar-refractivity contribution is 7.09. The van der Waals surface area contributed by atoms with Crippen LogP contribution in [0.5, 0.6) is 5.75 Å². The number of rotatable bonds is 6. The van der Waals surface area contributed by atoms with E-state index < -0.39 is 5.54 Å². The van der Waals surface area contributed by atoms with Crippen molar-refractivity contribution in [1.82, 2.24) is 9.88 Å². The van der Waals surface area contributed by atoms with E-state index in [2.05, 4.69) is 23.2 Å². The second kappa shape index (κ2) is 8.34. The quantitative estimate of drug-likeness (QED) is 0.679. The number of carbonyl (C=O) groups excluding carboxylic acids is 1. The highest BCUT2D eigenvalue weighted by atomic mass is 32.1. The number of thiazole rings is 1. The molecule has 1 aromatic heterocycles. The smallest absolute Gasteiger partial charge is 0.193 e. The number of carbonyl (C=O) groups is 1. The lowest BCUT2D eigenvalue weighted by molar-refractivity contribution is -0.133. The first-order chi connectivity index (χ1) is 16.5. The second-order valence-corrected chi connectivity index (χ2v) is 11.3. The van der Waals surface area contributed by atoms with E-state index in [1.165, 1.54) is 18.4 Å². The number of benzene rings is 1. The van der Waals surface area contributed by atoms with E-state index in [9.17, 15) is 4.79 Å². The van der Waals surface area contributed by atoms with Crippen LogP contribution in [0.25, 0.3) is 0 Å². The molecule has 1 unspecified atom stereocenters. The lowest BCUT2D eigenvalue weighted by Gasteiger charge is -2.49. The Kier molecular flexibility index (Phi) is 5.41. The fraction of sp³-hybridized carbons (Fsp3) is 0.577. The van der Waals surface area contributed by atoms with Crippen LogP contribution in [0.2, 0.25) is 0 Å². The standard InChI is InChI=1S/C26H32N4O3S/c1-32-19-6-8-25(9-7-19)13-18-4-5-20(33-16-17-2-3-17)12-21(18)26(25)22(31)14-30(24(27)29-26)15-23-28-10-11-34-23/h4-5,10-12,17,19H,2-3,6-9,13-16H2,1H3,(H2,27,29). The van der Waals surface area contributed by atoms with Gasteiger partial charge in [0.25, 0.3) is 0 Å². The number of aliphatic imine (C=N–C) groups is 1. The molecule has 2 heterocycles. The van der Waals surface area contributed by atoms with Crippen molar-refractivity contribution in [3.63, 3.8) is 0 Å². The number of nitrogens with two attached hydrogens (primary N) is 1. The van der Waals surface area contributed by atoms with Crippen molar-refractivity contribution in [3.8, 4) is 5.75 Å². The van der Waals surface area contributed by atoms with E-state index in [-0.39, 0.29) is 23.8 Å².